The van der Waals surface area contributed by atoms with E-state index in [0.717, 1.165) is 22.3 Å². The predicted octanol–water partition coefficient (Wildman–Crippen LogP) is 8.17. The van der Waals surface area contributed by atoms with Gasteiger partial charge in [-0.25, -0.2) is 0 Å². The first-order chi connectivity index (χ1) is 25.1. The molecule has 6 aromatic rings. The Morgan fingerprint density at radius 3 is 0.686 bits per heavy atom. The van der Waals surface area contributed by atoms with Crippen LogP contribution in [0.1, 0.15) is 22.3 Å². The van der Waals surface area contributed by atoms with Gasteiger partial charge in [-0.05, 0) is 145 Å². The van der Waals surface area contributed by atoms with Gasteiger partial charge in [-0.15, -0.1) is 0 Å². The topological polar surface area (TPSA) is 80.9 Å². The van der Waals surface area contributed by atoms with Crippen LogP contribution in [0.15, 0.2) is 185 Å². The summed E-state index contributed by atoms with van der Waals surface area (Å²) in [5.41, 5.74) is 4.50. The lowest BCUT2D eigenvalue weighted by molar-refractivity contribution is 0.299. The third-order valence-corrected chi connectivity index (χ3v) is 14.1. The van der Waals surface area contributed by atoms with Crippen molar-refractivity contribution in [2.24, 2.45) is 0 Å². The van der Waals surface area contributed by atoms with Crippen molar-refractivity contribution < 1.29 is 20.4 Å². The molecule has 0 aromatic heterocycles. The van der Waals surface area contributed by atoms with Crippen molar-refractivity contribution in [2.45, 2.75) is 64.8 Å². The van der Waals surface area contributed by atoms with E-state index >= 15 is 0 Å². The van der Waals surface area contributed by atoms with Gasteiger partial charge in [0.1, 0.15) is 0 Å². The molecule has 0 atom stereocenters. The van der Waals surface area contributed by atoms with Crippen LogP contribution in [0.3, 0.4) is 0 Å². The lowest BCUT2D eigenvalue weighted by Gasteiger charge is -2.11. The van der Waals surface area contributed by atoms with Crippen molar-refractivity contribution in [2.75, 3.05) is 26.4 Å². The first-order valence-corrected chi connectivity index (χ1v) is 20.5. The Kier molecular flexibility index (Phi) is 13.5. The van der Waals surface area contributed by atoms with E-state index in [2.05, 4.69) is 146 Å². The fourth-order valence-electron chi connectivity index (χ4n) is 5.93. The fraction of sp³-hybridized carbons (Fsp3) is 0.182. The molecule has 4 N–H and O–H groups in total. The lowest BCUT2D eigenvalue weighted by atomic mass is 10.2. The quantitative estimate of drug-likeness (QED) is 0.0756. The Balaban J connectivity index is 1.23. The molecule has 0 radical (unpaired) electrons. The van der Waals surface area contributed by atoms with Gasteiger partial charge in [-0.3, -0.25) is 0 Å². The van der Waals surface area contributed by atoms with Crippen LogP contribution in [0, 0.1) is 0 Å². The molecule has 4 nitrogen and oxygen atoms in total. The highest BCUT2D eigenvalue weighted by Crippen LogP contribution is 2.37. The number of rotatable bonds is 16. The normalized spacial score (nSPS) is 11.4. The highest BCUT2D eigenvalue weighted by Gasteiger charge is 2.30. The van der Waals surface area contributed by atoms with Gasteiger partial charge in [0, 0.05) is 36.2 Å². The van der Waals surface area contributed by atoms with Crippen LogP contribution in [-0.2, 0) is 47.5 Å². The minimum atomic E-state index is -0.303. The molecule has 0 fully saturated rings. The molecule has 0 bridgehead atoms. The van der Waals surface area contributed by atoms with Gasteiger partial charge in [0.15, 0.2) is 29.4 Å². The maximum absolute atomic E-state index is 9.40. The summed E-state index contributed by atoms with van der Waals surface area (Å²) in [5.74, 6) is 0. The smallest absolute Gasteiger partial charge is 0.166 e. The monoisotopic (exact) mass is 732 g/mol. The van der Waals surface area contributed by atoms with Crippen molar-refractivity contribution in [3.63, 3.8) is 0 Å². The summed E-state index contributed by atoms with van der Waals surface area (Å²) in [6, 6.07) is 52.2. The Morgan fingerprint density at radius 1 is 0.294 bits per heavy atom. The van der Waals surface area contributed by atoms with Gasteiger partial charge in [0.2, 0.25) is 0 Å². The summed E-state index contributed by atoms with van der Waals surface area (Å²) in [6.07, 6.45) is 2.59. The second-order valence-corrected chi connectivity index (χ2v) is 17.3. The van der Waals surface area contributed by atoms with Crippen LogP contribution in [0.5, 0.6) is 0 Å². The van der Waals surface area contributed by atoms with Gasteiger partial charge < -0.3 is 20.4 Å². The second-order valence-electron chi connectivity index (χ2n) is 12.1. The minimum absolute atomic E-state index is 0.139. The first kappa shape index (κ1) is 37.0. The van der Waals surface area contributed by atoms with Crippen molar-refractivity contribution in [3.8, 4) is 0 Å². The summed E-state index contributed by atoms with van der Waals surface area (Å²) in [5, 5.41) is 37.6. The zero-order valence-electron chi connectivity index (χ0n) is 28.5. The maximum Gasteiger partial charge on any atom is 0.166 e. The number of hydrogen-bond donors (Lipinski definition) is 4. The molecular weight excluding hydrogens is 689 g/mol. The molecule has 7 heteroatoms. The van der Waals surface area contributed by atoms with E-state index in [1.54, 1.807) is 11.8 Å². The molecule has 260 valence electrons. The summed E-state index contributed by atoms with van der Waals surface area (Å²) < 4.78 is 0. The number of aliphatic hydroxyl groups excluding tert-OH is 4. The molecule has 0 saturated heterocycles. The van der Waals surface area contributed by atoms with E-state index in [9.17, 15) is 20.4 Å². The van der Waals surface area contributed by atoms with Gasteiger partial charge >= 0.3 is 0 Å². The van der Waals surface area contributed by atoms with Crippen LogP contribution >= 0.6 is 11.8 Å². The maximum atomic E-state index is 9.40. The van der Waals surface area contributed by atoms with Gasteiger partial charge in [0.25, 0.3) is 0 Å². The van der Waals surface area contributed by atoms with Gasteiger partial charge in [-0.1, -0.05) is 60.3 Å². The average Bonchev–Trinajstić information content (AvgIpc) is 3.16. The SMILES string of the molecule is OCCc1ccc([S+](c2ccc(CCO)cc2)c2ccc(Sc3ccc([S+](c4ccc(CCO)cc4)c4ccc(CCO)cc4)cc3)cc2)cc1. The molecule has 6 aromatic carbocycles. The zero-order chi connectivity index (χ0) is 35.4. The highest BCUT2D eigenvalue weighted by molar-refractivity contribution is 7.99. The van der Waals surface area contributed by atoms with E-state index in [-0.39, 0.29) is 48.2 Å². The van der Waals surface area contributed by atoms with Crippen molar-refractivity contribution in [3.05, 3.63) is 168 Å². The average molecular weight is 733 g/mol. The molecule has 0 unspecified atom stereocenters. The van der Waals surface area contributed by atoms with Crippen LogP contribution < -0.4 is 0 Å². The van der Waals surface area contributed by atoms with E-state index in [1.807, 2.05) is 0 Å². The summed E-state index contributed by atoms with van der Waals surface area (Å²) in [6.45, 7) is 0.556. The van der Waals surface area contributed by atoms with Crippen LogP contribution in [0.2, 0.25) is 0 Å². The Hall–Kier alpha value is -3.79. The van der Waals surface area contributed by atoms with E-state index < -0.39 is 0 Å². The minimum Gasteiger partial charge on any atom is -0.396 e. The molecule has 0 aliphatic heterocycles. The third-order valence-electron chi connectivity index (χ3n) is 8.59. The van der Waals surface area contributed by atoms with Crippen molar-refractivity contribution in [1.82, 2.24) is 0 Å². The molecular formula is C44H44O4S3+2. The standard InChI is InChI=1S/C44H44O4S3/c45-29-25-33-1-13-39(14-2-33)50(40-15-3-34(4-16-40)26-30-46)43-21-9-37(10-22-43)49-38-11-23-44(24-12-38)51(41-17-5-35(6-18-41)27-31-47)42-19-7-36(8-20-42)28-32-48/h1-24,45-48H,25-32H2/q+2. The summed E-state index contributed by atoms with van der Waals surface area (Å²) >= 11 is 1.75. The summed E-state index contributed by atoms with van der Waals surface area (Å²) in [7, 11) is -0.605. The number of aliphatic hydroxyl groups is 4. The lowest BCUT2D eigenvalue weighted by Crippen LogP contribution is -2.06. The molecule has 0 saturated carbocycles. The second kappa shape index (κ2) is 18.6. The van der Waals surface area contributed by atoms with Gasteiger partial charge in [-0.2, -0.15) is 0 Å². The molecule has 0 aliphatic rings. The van der Waals surface area contributed by atoms with E-state index in [4.69, 9.17) is 0 Å². The molecule has 0 amide bonds. The molecule has 0 aliphatic carbocycles. The zero-order valence-corrected chi connectivity index (χ0v) is 31.0. The fourth-order valence-corrected chi connectivity index (χ4v) is 10.8. The molecule has 0 heterocycles. The first-order valence-electron chi connectivity index (χ1n) is 17.2. The van der Waals surface area contributed by atoms with Crippen molar-refractivity contribution in [1.29, 1.82) is 0 Å². The molecule has 0 spiro atoms. The van der Waals surface area contributed by atoms with Crippen molar-refractivity contribution >= 4 is 33.6 Å². The largest absolute Gasteiger partial charge is 0.396 e. The number of hydrogen-bond acceptors (Lipinski definition) is 5. The Labute approximate surface area is 311 Å². The third kappa shape index (κ3) is 9.76. The Bertz CT molecular complexity index is 1680. The Morgan fingerprint density at radius 2 is 0.490 bits per heavy atom. The molecule has 51 heavy (non-hydrogen) atoms. The van der Waals surface area contributed by atoms with Crippen LogP contribution in [0.25, 0.3) is 0 Å². The van der Waals surface area contributed by atoms with E-state index in [1.165, 1.54) is 39.2 Å². The van der Waals surface area contributed by atoms with Gasteiger partial charge in [0.05, 0.1) is 21.8 Å². The molecule has 6 rings (SSSR count). The van der Waals surface area contributed by atoms with Crippen LogP contribution in [-0.4, -0.2) is 46.9 Å². The highest BCUT2D eigenvalue weighted by atomic mass is 32.2. The van der Waals surface area contributed by atoms with Crippen LogP contribution in [0.4, 0.5) is 0 Å². The predicted molar refractivity (Wildman–Crippen MR) is 210 cm³/mol. The van der Waals surface area contributed by atoms with E-state index in [0.29, 0.717) is 25.7 Å². The summed E-state index contributed by atoms with van der Waals surface area (Å²) in [4.78, 5) is 9.72. The number of benzene rings is 6.